The van der Waals surface area contributed by atoms with Crippen molar-refractivity contribution in [1.29, 1.82) is 0 Å². The van der Waals surface area contributed by atoms with E-state index in [1.165, 1.54) is 4.31 Å². The maximum Gasteiger partial charge on any atom is 0.243 e. The van der Waals surface area contributed by atoms with Gasteiger partial charge in [0.15, 0.2) is 0 Å². The van der Waals surface area contributed by atoms with E-state index in [1.807, 2.05) is 13.0 Å². The Balaban J connectivity index is 2.21. The molecule has 0 aliphatic carbocycles. The minimum Gasteiger partial charge on any atom is -0.325 e. The Labute approximate surface area is 112 Å². The first kappa shape index (κ1) is 12.5. The van der Waals surface area contributed by atoms with Crippen molar-refractivity contribution in [1.82, 2.24) is 9.29 Å². The molecule has 0 unspecified atom stereocenters. The smallest absolute Gasteiger partial charge is 0.243 e. The summed E-state index contributed by atoms with van der Waals surface area (Å²) in [5.74, 6) is 0. The van der Waals surface area contributed by atoms with Gasteiger partial charge in [-0.05, 0) is 18.6 Å². The molecular weight excluding hydrogens is 262 g/mol. The molecule has 1 aromatic heterocycles. The molecule has 0 atom stereocenters. The molecule has 1 aliphatic rings. The fourth-order valence-corrected chi connectivity index (χ4v) is 4.23. The lowest BCUT2D eigenvalue weighted by Gasteiger charge is -2.35. The van der Waals surface area contributed by atoms with E-state index in [4.69, 9.17) is 5.73 Å². The fourth-order valence-electron chi connectivity index (χ4n) is 2.39. The molecule has 1 aliphatic heterocycles. The van der Waals surface area contributed by atoms with Gasteiger partial charge in [0.05, 0.1) is 4.90 Å². The molecule has 1 saturated heterocycles. The van der Waals surface area contributed by atoms with Crippen molar-refractivity contribution in [3.63, 3.8) is 0 Å². The predicted octanol–water partition coefficient (Wildman–Crippen LogP) is 0.875. The van der Waals surface area contributed by atoms with E-state index in [9.17, 15) is 8.42 Å². The summed E-state index contributed by atoms with van der Waals surface area (Å²) in [5, 5.41) is 1.59. The van der Waals surface area contributed by atoms with E-state index in [2.05, 4.69) is 4.98 Å². The van der Waals surface area contributed by atoms with Crippen molar-refractivity contribution in [2.75, 3.05) is 13.1 Å². The summed E-state index contributed by atoms with van der Waals surface area (Å²) in [6, 6.07) is 5.22. The van der Waals surface area contributed by atoms with Gasteiger partial charge in [-0.1, -0.05) is 12.1 Å². The second-order valence-corrected chi connectivity index (χ2v) is 6.80. The molecule has 0 radical (unpaired) electrons. The van der Waals surface area contributed by atoms with E-state index in [1.54, 1.807) is 24.5 Å². The molecule has 3 rings (SSSR count). The second-order valence-electron chi connectivity index (χ2n) is 4.89. The summed E-state index contributed by atoms with van der Waals surface area (Å²) in [6.45, 7) is 2.65. The van der Waals surface area contributed by atoms with Gasteiger partial charge in [0.2, 0.25) is 10.0 Å². The zero-order chi connectivity index (χ0) is 13.6. The van der Waals surface area contributed by atoms with E-state index >= 15 is 0 Å². The summed E-state index contributed by atoms with van der Waals surface area (Å²) < 4.78 is 26.6. The Morgan fingerprint density at radius 2 is 2.05 bits per heavy atom. The number of hydrogen-bond donors (Lipinski definition) is 1. The predicted molar refractivity (Wildman–Crippen MR) is 73.2 cm³/mol. The van der Waals surface area contributed by atoms with Gasteiger partial charge < -0.3 is 5.73 Å². The summed E-state index contributed by atoms with van der Waals surface area (Å²) in [7, 11) is -3.46. The Morgan fingerprint density at radius 1 is 1.32 bits per heavy atom. The van der Waals surface area contributed by atoms with Crippen LogP contribution in [0.3, 0.4) is 0 Å². The second kappa shape index (κ2) is 4.26. The third-order valence-corrected chi connectivity index (χ3v) is 5.30. The van der Waals surface area contributed by atoms with E-state index in [-0.39, 0.29) is 6.04 Å². The van der Waals surface area contributed by atoms with Crippen LogP contribution in [0.4, 0.5) is 0 Å². The highest BCUT2D eigenvalue weighted by Crippen LogP contribution is 2.29. The maximum atomic E-state index is 12.6. The first-order chi connectivity index (χ1) is 9.00. The highest BCUT2D eigenvalue weighted by atomic mass is 32.2. The molecule has 1 fully saturated rings. The van der Waals surface area contributed by atoms with Crippen LogP contribution >= 0.6 is 0 Å². The molecule has 6 heteroatoms. The average molecular weight is 277 g/mol. The molecule has 5 nitrogen and oxygen atoms in total. The van der Waals surface area contributed by atoms with E-state index in [0.29, 0.717) is 18.0 Å². The highest BCUT2D eigenvalue weighted by molar-refractivity contribution is 7.89. The van der Waals surface area contributed by atoms with Crippen LogP contribution in [0.15, 0.2) is 35.5 Å². The number of aromatic nitrogens is 1. The molecule has 0 bridgehead atoms. The lowest BCUT2D eigenvalue weighted by atomic mass is 10.1. The molecule has 0 amide bonds. The van der Waals surface area contributed by atoms with Gasteiger partial charge in [-0.15, -0.1) is 0 Å². The molecule has 0 saturated carbocycles. The van der Waals surface area contributed by atoms with Gasteiger partial charge >= 0.3 is 0 Å². The number of sulfonamides is 1. The van der Waals surface area contributed by atoms with Crippen molar-refractivity contribution in [2.24, 2.45) is 5.73 Å². The van der Waals surface area contributed by atoms with Gasteiger partial charge in [-0.25, -0.2) is 8.42 Å². The van der Waals surface area contributed by atoms with Crippen molar-refractivity contribution >= 4 is 20.8 Å². The number of benzene rings is 1. The molecule has 100 valence electrons. The monoisotopic (exact) mass is 277 g/mol. The number of hydrogen-bond acceptors (Lipinski definition) is 4. The Kier molecular flexibility index (Phi) is 2.81. The number of pyridine rings is 1. The highest BCUT2D eigenvalue weighted by Gasteiger charge is 2.35. The number of nitrogens with zero attached hydrogens (tertiary/aromatic N) is 2. The van der Waals surface area contributed by atoms with Gasteiger partial charge in [0.25, 0.3) is 0 Å². The fraction of sp³-hybridized carbons (Fsp3) is 0.308. The Morgan fingerprint density at radius 3 is 2.74 bits per heavy atom. The summed E-state index contributed by atoms with van der Waals surface area (Å²) >= 11 is 0. The minimum atomic E-state index is -3.46. The minimum absolute atomic E-state index is 0.0486. The van der Waals surface area contributed by atoms with Crippen molar-refractivity contribution in [3.05, 3.63) is 36.2 Å². The summed E-state index contributed by atoms with van der Waals surface area (Å²) in [6.07, 6.45) is 3.37. The normalized spacial score (nSPS) is 17.6. The van der Waals surface area contributed by atoms with Gasteiger partial charge in [0, 0.05) is 42.3 Å². The lowest BCUT2D eigenvalue weighted by molar-refractivity contribution is 0.266. The quantitative estimate of drug-likeness (QED) is 0.884. The first-order valence-corrected chi connectivity index (χ1v) is 7.53. The number of rotatable bonds is 2. The van der Waals surface area contributed by atoms with Crippen LogP contribution < -0.4 is 5.73 Å². The van der Waals surface area contributed by atoms with Gasteiger partial charge in [0.1, 0.15) is 0 Å². The summed E-state index contributed by atoms with van der Waals surface area (Å²) in [4.78, 5) is 4.44. The first-order valence-electron chi connectivity index (χ1n) is 6.09. The topological polar surface area (TPSA) is 76.3 Å². The van der Waals surface area contributed by atoms with Crippen LogP contribution in [0.2, 0.25) is 0 Å². The van der Waals surface area contributed by atoms with Crippen LogP contribution in [-0.2, 0) is 10.0 Å². The third kappa shape index (κ3) is 1.92. The molecule has 1 aromatic carbocycles. The Bertz CT molecular complexity index is 731. The standard InChI is InChI=1S/C13H15N3O2S/c1-9-5-15-6-10-3-2-4-12(13(9)10)19(17,18)16-7-11(14)8-16/h2-6,11H,7-8,14H2,1H3. The number of aryl methyl sites for hydroxylation is 1. The third-order valence-electron chi connectivity index (χ3n) is 3.43. The SMILES string of the molecule is Cc1cncc2cccc(S(=O)(=O)N3CC(N)C3)c12. The lowest BCUT2D eigenvalue weighted by Crippen LogP contribution is -2.57. The summed E-state index contributed by atoms with van der Waals surface area (Å²) in [5.41, 5.74) is 6.53. The van der Waals surface area contributed by atoms with Crippen LogP contribution in [0.1, 0.15) is 5.56 Å². The molecule has 19 heavy (non-hydrogen) atoms. The average Bonchev–Trinajstić information content (AvgIpc) is 2.35. The molecular formula is C13H15N3O2S. The number of fused-ring (bicyclic) bond motifs is 1. The molecule has 0 spiro atoms. The van der Waals surface area contributed by atoms with E-state index in [0.717, 1.165) is 16.3 Å². The van der Waals surface area contributed by atoms with Gasteiger partial charge in [-0.2, -0.15) is 4.31 Å². The zero-order valence-electron chi connectivity index (χ0n) is 10.6. The van der Waals surface area contributed by atoms with Crippen LogP contribution in [0.25, 0.3) is 10.8 Å². The van der Waals surface area contributed by atoms with E-state index < -0.39 is 10.0 Å². The maximum absolute atomic E-state index is 12.6. The number of nitrogens with two attached hydrogens (primary N) is 1. The molecule has 2 N–H and O–H groups in total. The molecule has 2 heterocycles. The van der Waals surface area contributed by atoms with Crippen LogP contribution in [-0.4, -0.2) is 36.8 Å². The van der Waals surface area contributed by atoms with Crippen molar-refractivity contribution in [3.8, 4) is 0 Å². The van der Waals surface area contributed by atoms with Crippen molar-refractivity contribution < 1.29 is 8.42 Å². The van der Waals surface area contributed by atoms with Crippen LogP contribution in [0, 0.1) is 6.92 Å². The van der Waals surface area contributed by atoms with Crippen LogP contribution in [0.5, 0.6) is 0 Å². The largest absolute Gasteiger partial charge is 0.325 e. The van der Waals surface area contributed by atoms with Crippen molar-refractivity contribution in [2.45, 2.75) is 17.9 Å². The Hall–Kier alpha value is -1.50. The molecule has 2 aromatic rings. The van der Waals surface area contributed by atoms with Gasteiger partial charge in [-0.3, -0.25) is 4.98 Å². The zero-order valence-corrected chi connectivity index (χ0v) is 11.4.